The molecule has 0 N–H and O–H groups in total. The number of methoxy groups -OCH3 is 2. The molecule has 0 atom stereocenters. The van der Waals surface area contributed by atoms with Crippen molar-refractivity contribution in [2.75, 3.05) is 14.2 Å². The van der Waals surface area contributed by atoms with Crippen LogP contribution in [-0.2, 0) is 0 Å². The van der Waals surface area contributed by atoms with Gasteiger partial charge < -0.3 is 13.9 Å². The molecule has 0 aliphatic rings. The zero-order valence-corrected chi connectivity index (χ0v) is 11.5. The Hall–Kier alpha value is -2.56. The van der Waals surface area contributed by atoms with Crippen LogP contribution >= 0.6 is 0 Å². The second kappa shape index (κ2) is 4.85. The van der Waals surface area contributed by atoms with Crippen molar-refractivity contribution in [3.8, 4) is 23.2 Å². The summed E-state index contributed by atoms with van der Waals surface area (Å²) < 4.78 is 15.6. The highest BCUT2D eigenvalue weighted by Crippen LogP contribution is 2.28. The molecule has 0 bridgehead atoms. The van der Waals surface area contributed by atoms with E-state index < -0.39 is 0 Å². The molecule has 0 amide bonds. The first-order chi connectivity index (χ1) is 9.71. The summed E-state index contributed by atoms with van der Waals surface area (Å²) in [4.78, 5) is 8.73. The number of aromatic nitrogens is 2. The normalized spacial score (nSPS) is 10.8. The number of hydrogen-bond acceptors (Lipinski definition) is 5. The van der Waals surface area contributed by atoms with Crippen molar-refractivity contribution in [1.29, 1.82) is 0 Å². The van der Waals surface area contributed by atoms with Crippen LogP contribution in [-0.4, -0.2) is 24.2 Å². The van der Waals surface area contributed by atoms with Gasteiger partial charge in [-0.3, -0.25) is 0 Å². The van der Waals surface area contributed by atoms with Gasteiger partial charge in [0, 0.05) is 11.1 Å². The van der Waals surface area contributed by atoms with Crippen LogP contribution in [0.5, 0.6) is 11.6 Å². The standard InChI is InChI=1S/C15H14N2O3/c1-9-12-5-4-11(18-2)6-10(12)7-13(16-9)15-17-14(19-3)8-20-15/h4-8H,1-3H3. The number of fused-ring (bicyclic) bond motifs is 1. The van der Waals surface area contributed by atoms with Gasteiger partial charge in [-0.25, -0.2) is 4.98 Å². The van der Waals surface area contributed by atoms with Crippen LogP contribution in [0.3, 0.4) is 0 Å². The average molecular weight is 270 g/mol. The fraction of sp³-hybridized carbons (Fsp3) is 0.200. The summed E-state index contributed by atoms with van der Waals surface area (Å²) in [5.41, 5.74) is 1.59. The van der Waals surface area contributed by atoms with Crippen molar-refractivity contribution < 1.29 is 13.9 Å². The first-order valence-electron chi connectivity index (χ1n) is 6.16. The first-order valence-corrected chi connectivity index (χ1v) is 6.16. The Balaban J connectivity index is 2.16. The number of aryl methyl sites for hydroxylation is 1. The van der Waals surface area contributed by atoms with Crippen molar-refractivity contribution >= 4 is 10.8 Å². The molecule has 0 spiro atoms. The third-order valence-electron chi connectivity index (χ3n) is 3.14. The molecule has 1 aromatic carbocycles. The molecule has 5 heteroatoms. The summed E-state index contributed by atoms with van der Waals surface area (Å²) >= 11 is 0. The van der Waals surface area contributed by atoms with Crippen molar-refractivity contribution in [2.24, 2.45) is 0 Å². The molecule has 0 unspecified atom stereocenters. The van der Waals surface area contributed by atoms with Gasteiger partial charge in [0.25, 0.3) is 5.88 Å². The Labute approximate surface area is 116 Å². The van der Waals surface area contributed by atoms with E-state index >= 15 is 0 Å². The highest BCUT2D eigenvalue weighted by molar-refractivity contribution is 5.88. The number of pyridine rings is 1. The lowest BCUT2D eigenvalue weighted by molar-refractivity contribution is 0.395. The Bertz CT molecular complexity index is 765. The second-order valence-corrected chi connectivity index (χ2v) is 4.37. The van der Waals surface area contributed by atoms with Crippen LogP contribution in [0.15, 0.2) is 34.9 Å². The van der Waals surface area contributed by atoms with Gasteiger partial charge in [-0.1, -0.05) is 0 Å². The monoisotopic (exact) mass is 270 g/mol. The molecular formula is C15H14N2O3. The Morgan fingerprint density at radius 2 is 1.90 bits per heavy atom. The summed E-state index contributed by atoms with van der Waals surface area (Å²) in [6.45, 7) is 1.96. The molecule has 0 fully saturated rings. The van der Waals surface area contributed by atoms with Crippen LogP contribution < -0.4 is 9.47 Å². The van der Waals surface area contributed by atoms with Gasteiger partial charge in [0.1, 0.15) is 11.4 Å². The molecule has 5 nitrogen and oxygen atoms in total. The van der Waals surface area contributed by atoms with E-state index in [4.69, 9.17) is 13.9 Å². The SMILES string of the molecule is COc1ccc2c(C)nc(-c3nc(OC)co3)cc2c1. The lowest BCUT2D eigenvalue weighted by Gasteiger charge is -2.06. The second-order valence-electron chi connectivity index (χ2n) is 4.37. The molecule has 0 radical (unpaired) electrons. The minimum atomic E-state index is 0.435. The lowest BCUT2D eigenvalue weighted by atomic mass is 10.1. The number of oxazole rings is 1. The van der Waals surface area contributed by atoms with Crippen LogP contribution in [0.25, 0.3) is 22.4 Å². The van der Waals surface area contributed by atoms with Gasteiger partial charge in [-0.15, -0.1) is 0 Å². The minimum Gasteiger partial charge on any atom is -0.497 e. The third-order valence-corrected chi connectivity index (χ3v) is 3.14. The molecule has 0 saturated carbocycles. The zero-order valence-electron chi connectivity index (χ0n) is 11.5. The van der Waals surface area contributed by atoms with E-state index in [0.29, 0.717) is 17.5 Å². The van der Waals surface area contributed by atoms with Crippen LogP contribution in [0, 0.1) is 6.92 Å². The van der Waals surface area contributed by atoms with E-state index in [9.17, 15) is 0 Å². The van der Waals surface area contributed by atoms with Gasteiger partial charge in [-0.2, -0.15) is 4.98 Å². The maximum atomic E-state index is 5.37. The molecule has 0 aliphatic heterocycles. The number of hydrogen-bond donors (Lipinski definition) is 0. The lowest BCUT2D eigenvalue weighted by Crippen LogP contribution is -1.91. The predicted octanol–water partition coefficient (Wildman–Crippen LogP) is 3.22. The molecule has 2 aromatic heterocycles. The van der Waals surface area contributed by atoms with E-state index in [1.807, 2.05) is 31.2 Å². The van der Waals surface area contributed by atoms with E-state index in [1.165, 1.54) is 6.26 Å². The molecule has 102 valence electrons. The highest BCUT2D eigenvalue weighted by atomic mass is 16.5. The minimum absolute atomic E-state index is 0.435. The van der Waals surface area contributed by atoms with Gasteiger partial charge in [0.05, 0.1) is 14.2 Å². The van der Waals surface area contributed by atoms with Gasteiger partial charge in [0.15, 0.2) is 6.26 Å². The van der Waals surface area contributed by atoms with Gasteiger partial charge >= 0.3 is 0 Å². The van der Waals surface area contributed by atoms with Crippen molar-refractivity contribution in [1.82, 2.24) is 9.97 Å². The van der Waals surface area contributed by atoms with Crippen molar-refractivity contribution in [2.45, 2.75) is 6.92 Å². The Morgan fingerprint density at radius 3 is 2.60 bits per heavy atom. The number of nitrogens with zero attached hydrogens (tertiary/aromatic N) is 2. The first kappa shape index (κ1) is 12.5. The molecule has 3 aromatic rings. The van der Waals surface area contributed by atoms with Gasteiger partial charge in [0.2, 0.25) is 5.89 Å². The summed E-state index contributed by atoms with van der Waals surface area (Å²) in [5, 5.41) is 2.11. The predicted molar refractivity (Wildman–Crippen MR) is 75.1 cm³/mol. The topological polar surface area (TPSA) is 57.4 Å². The summed E-state index contributed by atoms with van der Waals surface area (Å²) in [5.74, 6) is 1.68. The number of benzene rings is 1. The maximum Gasteiger partial charge on any atom is 0.253 e. The van der Waals surface area contributed by atoms with E-state index in [0.717, 1.165) is 22.2 Å². The number of ether oxygens (including phenoxy) is 2. The molecular weight excluding hydrogens is 256 g/mol. The highest BCUT2D eigenvalue weighted by Gasteiger charge is 2.11. The summed E-state index contributed by atoms with van der Waals surface area (Å²) in [6.07, 6.45) is 1.46. The van der Waals surface area contributed by atoms with Crippen molar-refractivity contribution in [3.63, 3.8) is 0 Å². The van der Waals surface area contributed by atoms with Gasteiger partial charge in [-0.05, 0) is 36.6 Å². The number of rotatable bonds is 3. The smallest absolute Gasteiger partial charge is 0.253 e. The Morgan fingerprint density at radius 1 is 1.05 bits per heavy atom. The molecule has 0 aliphatic carbocycles. The third kappa shape index (κ3) is 2.07. The molecule has 3 rings (SSSR count). The quantitative estimate of drug-likeness (QED) is 0.731. The average Bonchev–Trinajstić information content (AvgIpc) is 2.95. The maximum absolute atomic E-state index is 5.37. The van der Waals surface area contributed by atoms with Crippen LogP contribution in [0.4, 0.5) is 0 Å². The Kier molecular flexibility index (Phi) is 3.02. The zero-order chi connectivity index (χ0) is 14.1. The van der Waals surface area contributed by atoms with E-state index in [2.05, 4.69) is 9.97 Å². The van der Waals surface area contributed by atoms with E-state index in [1.54, 1.807) is 14.2 Å². The molecule has 2 heterocycles. The summed E-state index contributed by atoms with van der Waals surface area (Å²) in [7, 11) is 3.20. The van der Waals surface area contributed by atoms with Crippen molar-refractivity contribution in [3.05, 3.63) is 36.2 Å². The fourth-order valence-corrected chi connectivity index (χ4v) is 2.12. The van der Waals surface area contributed by atoms with Crippen LogP contribution in [0.2, 0.25) is 0 Å². The molecule has 0 saturated heterocycles. The fourth-order valence-electron chi connectivity index (χ4n) is 2.12. The largest absolute Gasteiger partial charge is 0.497 e. The van der Waals surface area contributed by atoms with Crippen LogP contribution in [0.1, 0.15) is 5.69 Å². The van der Waals surface area contributed by atoms with E-state index in [-0.39, 0.29) is 0 Å². The molecule has 20 heavy (non-hydrogen) atoms. The summed E-state index contributed by atoms with van der Waals surface area (Å²) in [6, 6.07) is 7.81.